The highest BCUT2D eigenvalue weighted by Crippen LogP contribution is 2.37. The second kappa shape index (κ2) is 9.83. The highest BCUT2D eigenvalue weighted by atomic mass is 35.5. The molecule has 4 N–H and O–H groups in total. The van der Waals surface area contributed by atoms with Crippen LogP contribution in [-0.2, 0) is 6.54 Å². The third-order valence-corrected chi connectivity index (χ3v) is 5.02. The van der Waals surface area contributed by atoms with Gasteiger partial charge in [-0.15, -0.1) is 0 Å². The molecule has 176 valence electrons. The minimum atomic E-state index is -3.07. The maximum atomic E-state index is 13.1. The van der Waals surface area contributed by atoms with Crippen molar-refractivity contribution in [2.24, 2.45) is 5.73 Å². The minimum Gasteiger partial charge on any atom is -0.434 e. The van der Waals surface area contributed by atoms with E-state index >= 15 is 0 Å². The Hall–Kier alpha value is -4.06. The molecular formula is C21H19ClF2N8O2. The average molecular weight is 489 g/mol. The number of aryl methyl sites for hydroxylation is 1. The molecule has 13 heteroatoms. The first-order valence-corrected chi connectivity index (χ1v) is 10.4. The van der Waals surface area contributed by atoms with Crippen molar-refractivity contribution in [1.82, 2.24) is 24.4 Å². The number of ether oxygens (including phenoxy) is 1. The molecule has 0 saturated heterocycles. The number of carbonyl (C=O) groups is 1. The van der Waals surface area contributed by atoms with Gasteiger partial charge >= 0.3 is 6.61 Å². The van der Waals surface area contributed by atoms with Gasteiger partial charge < -0.3 is 15.8 Å². The van der Waals surface area contributed by atoms with E-state index in [0.717, 1.165) is 0 Å². The molecule has 0 aliphatic heterocycles. The average Bonchev–Trinajstić information content (AvgIpc) is 3.38. The van der Waals surface area contributed by atoms with Crippen molar-refractivity contribution in [3.63, 3.8) is 0 Å². The number of amidine groups is 1. The molecule has 0 radical (unpaired) electrons. The maximum absolute atomic E-state index is 13.1. The molecule has 0 aliphatic carbocycles. The van der Waals surface area contributed by atoms with Gasteiger partial charge in [-0.25, -0.2) is 9.50 Å². The predicted octanol–water partition coefficient (Wildman–Crippen LogP) is 3.82. The lowest BCUT2D eigenvalue weighted by Crippen LogP contribution is -2.12. The van der Waals surface area contributed by atoms with Crippen molar-refractivity contribution in [3.8, 4) is 17.0 Å². The highest BCUT2D eigenvalue weighted by Gasteiger charge is 2.22. The van der Waals surface area contributed by atoms with Crippen LogP contribution in [0.1, 0.15) is 23.2 Å². The quantitative estimate of drug-likeness (QED) is 0.242. The Labute approximate surface area is 196 Å². The standard InChI is InChI=1S/C21H19ClF2N8O2/c22-12-4-5-16(34-21(23)24)13(9-12)18-15(11-31(30-18)7-1-3-17(25)26)29-20(33)14-10-28-32-8-2-6-27-19(14)32/h2,4-6,8-11,21H,1,3,7H2,(H3,25,26)(H,29,33). The number of rotatable bonds is 9. The zero-order chi connectivity index (χ0) is 24.2. The van der Waals surface area contributed by atoms with E-state index in [1.165, 1.54) is 39.8 Å². The Bertz CT molecular complexity index is 1350. The second-order valence-corrected chi connectivity index (χ2v) is 7.64. The molecule has 0 unspecified atom stereocenters. The Morgan fingerprint density at radius 2 is 2.18 bits per heavy atom. The zero-order valence-electron chi connectivity index (χ0n) is 17.6. The van der Waals surface area contributed by atoms with E-state index in [1.54, 1.807) is 18.5 Å². The summed E-state index contributed by atoms with van der Waals surface area (Å²) in [7, 11) is 0. The number of nitrogens with zero attached hydrogens (tertiary/aromatic N) is 5. The Morgan fingerprint density at radius 3 is 2.94 bits per heavy atom. The van der Waals surface area contributed by atoms with E-state index in [2.05, 4.69) is 25.2 Å². The number of carbonyl (C=O) groups excluding carboxylic acids is 1. The number of halogens is 3. The smallest absolute Gasteiger partial charge is 0.387 e. The summed E-state index contributed by atoms with van der Waals surface area (Å²) in [6.45, 7) is -2.70. The number of aromatic nitrogens is 5. The number of anilines is 1. The summed E-state index contributed by atoms with van der Waals surface area (Å²) in [5.41, 5.74) is 6.57. The number of alkyl halides is 2. The summed E-state index contributed by atoms with van der Waals surface area (Å²) in [5, 5.41) is 19.0. The van der Waals surface area contributed by atoms with Gasteiger partial charge in [-0.2, -0.15) is 19.0 Å². The fraction of sp³-hybridized carbons (Fsp3) is 0.190. The maximum Gasteiger partial charge on any atom is 0.387 e. The van der Waals surface area contributed by atoms with Crippen molar-refractivity contribution in [3.05, 3.63) is 59.6 Å². The second-order valence-electron chi connectivity index (χ2n) is 7.20. The lowest BCUT2D eigenvalue weighted by molar-refractivity contribution is -0.0494. The van der Waals surface area contributed by atoms with Crippen LogP contribution in [0, 0.1) is 5.41 Å². The van der Waals surface area contributed by atoms with E-state index in [4.69, 9.17) is 22.7 Å². The Balaban J connectivity index is 1.72. The number of benzene rings is 1. The number of nitrogens with two attached hydrogens (primary N) is 1. The van der Waals surface area contributed by atoms with Crippen LogP contribution < -0.4 is 15.8 Å². The van der Waals surface area contributed by atoms with Gasteiger partial charge in [-0.3, -0.25) is 14.9 Å². The molecule has 3 heterocycles. The van der Waals surface area contributed by atoms with Gasteiger partial charge in [0.2, 0.25) is 0 Å². The molecule has 4 aromatic rings. The molecule has 0 spiro atoms. The molecule has 0 saturated carbocycles. The molecule has 1 aromatic carbocycles. The van der Waals surface area contributed by atoms with Crippen LogP contribution in [0.2, 0.25) is 5.02 Å². The SMILES string of the molecule is N=C(N)CCCn1cc(NC(=O)c2cnn3cccnc23)c(-c2cc(Cl)ccc2OC(F)F)n1. The van der Waals surface area contributed by atoms with Crippen LogP contribution in [0.5, 0.6) is 5.75 Å². The Morgan fingerprint density at radius 1 is 1.35 bits per heavy atom. The molecule has 0 atom stereocenters. The van der Waals surface area contributed by atoms with Crippen molar-refractivity contribution in [2.75, 3.05) is 5.32 Å². The molecule has 34 heavy (non-hydrogen) atoms. The third-order valence-electron chi connectivity index (χ3n) is 4.78. The van der Waals surface area contributed by atoms with Gasteiger partial charge in [-0.1, -0.05) is 11.6 Å². The molecular weight excluding hydrogens is 470 g/mol. The van der Waals surface area contributed by atoms with Crippen molar-refractivity contribution >= 4 is 34.7 Å². The first kappa shape index (κ1) is 23.1. The first-order valence-electron chi connectivity index (χ1n) is 10.1. The van der Waals surface area contributed by atoms with Gasteiger partial charge in [0, 0.05) is 42.1 Å². The van der Waals surface area contributed by atoms with Crippen LogP contribution in [-0.4, -0.2) is 42.7 Å². The minimum absolute atomic E-state index is 0.0314. The topological polar surface area (TPSA) is 136 Å². The van der Waals surface area contributed by atoms with E-state index in [0.29, 0.717) is 25.0 Å². The molecule has 0 fully saturated rings. The lowest BCUT2D eigenvalue weighted by Gasteiger charge is -2.11. The molecule has 0 bridgehead atoms. The molecule has 4 rings (SSSR count). The van der Waals surface area contributed by atoms with Crippen molar-refractivity contribution < 1.29 is 18.3 Å². The van der Waals surface area contributed by atoms with Crippen LogP contribution >= 0.6 is 11.6 Å². The molecule has 1 amide bonds. The van der Waals surface area contributed by atoms with Gasteiger partial charge in [0.1, 0.15) is 17.0 Å². The molecule has 10 nitrogen and oxygen atoms in total. The van der Waals surface area contributed by atoms with Crippen molar-refractivity contribution in [2.45, 2.75) is 26.0 Å². The van der Waals surface area contributed by atoms with Crippen molar-refractivity contribution in [1.29, 1.82) is 5.41 Å². The summed E-state index contributed by atoms with van der Waals surface area (Å²) in [6.07, 6.45) is 6.97. The van der Waals surface area contributed by atoms with Gasteiger partial charge in [-0.05, 0) is 30.7 Å². The van der Waals surface area contributed by atoms with Gasteiger partial charge in [0.25, 0.3) is 5.91 Å². The number of hydrogen-bond acceptors (Lipinski definition) is 6. The molecule has 3 aromatic heterocycles. The normalized spacial score (nSPS) is 11.2. The van der Waals surface area contributed by atoms with E-state index in [9.17, 15) is 13.6 Å². The number of fused-ring (bicyclic) bond motifs is 1. The first-order chi connectivity index (χ1) is 16.3. The van der Waals surface area contributed by atoms with Crippen LogP contribution in [0.3, 0.4) is 0 Å². The van der Waals surface area contributed by atoms with Crippen LogP contribution in [0.15, 0.2) is 49.1 Å². The number of nitrogens with one attached hydrogen (secondary N) is 2. The summed E-state index contributed by atoms with van der Waals surface area (Å²) in [6, 6.07) is 5.82. The van der Waals surface area contributed by atoms with E-state index in [1.807, 2.05) is 0 Å². The largest absolute Gasteiger partial charge is 0.434 e. The van der Waals surface area contributed by atoms with Crippen LogP contribution in [0.4, 0.5) is 14.5 Å². The highest BCUT2D eigenvalue weighted by molar-refractivity contribution is 6.31. The number of amides is 1. The monoisotopic (exact) mass is 488 g/mol. The van der Waals surface area contributed by atoms with Crippen LogP contribution in [0.25, 0.3) is 16.9 Å². The number of hydrogen-bond donors (Lipinski definition) is 3. The third kappa shape index (κ3) is 5.12. The fourth-order valence-electron chi connectivity index (χ4n) is 3.32. The molecule has 0 aliphatic rings. The predicted molar refractivity (Wildman–Crippen MR) is 121 cm³/mol. The summed E-state index contributed by atoms with van der Waals surface area (Å²) < 4.78 is 33.6. The van der Waals surface area contributed by atoms with Gasteiger partial charge in [0.15, 0.2) is 5.65 Å². The summed E-state index contributed by atoms with van der Waals surface area (Å²) in [4.78, 5) is 17.2. The summed E-state index contributed by atoms with van der Waals surface area (Å²) in [5.74, 6) is -0.637. The summed E-state index contributed by atoms with van der Waals surface area (Å²) >= 11 is 6.11. The van der Waals surface area contributed by atoms with E-state index in [-0.39, 0.29) is 39.1 Å². The Kier molecular flexibility index (Phi) is 6.68. The zero-order valence-corrected chi connectivity index (χ0v) is 18.3. The van der Waals surface area contributed by atoms with E-state index < -0.39 is 12.5 Å². The van der Waals surface area contributed by atoms with Gasteiger partial charge in [0.05, 0.1) is 17.7 Å². The fourth-order valence-corrected chi connectivity index (χ4v) is 3.49. The lowest BCUT2D eigenvalue weighted by atomic mass is 10.1.